The van der Waals surface area contributed by atoms with Gasteiger partial charge in [-0.15, -0.1) is 0 Å². The average Bonchev–Trinajstić information content (AvgIpc) is 2.99. The predicted octanol–water partition coefficient (Wildman–Crippen LogP) is 6.46. The van der Waals surface area contributed by atoms with Gasteiger partial charge in [-0.05, 0) is 15.6 Å². The second-order valence-corrected chi connectivity index (χ2v) is 20.6. The zero-order valence-electron chi connectivity index (χ0n) is 15.4. The molecular formula is C19H32Si2. The highest BCUT2D eigenvalue weighted by Crippen LogP contribution is 2.72. The standard InChI is InChI=1S/C19H32Si2/c1-18(2,3)21(19(4,5)6)16(17(21)20(7,8)9)15-13-11-10-12-14-15/h10-14H,1-9H3. The molecule has 0 fully saturated rings. The van der Waals surface area contributed by atoms with Crippen molar-refractivity contribution in [1.82, 2.24) is 0 Å². The summed E-state index contributed by atoms with van der Waals surface area (Å²) in [5.41, 5.74) is 1.51. The smallest absolute Gasteiger partial charge is 0.0850 e. The number of benzene rings is 1. The lowest BCUT2D eigenvalue weighted by molar-refractivity contribution is 0.643. The monoisotopic (exact) mass is 316 g/mol. The molecule has 0 N–H and O–H groups in total. The molecule has 0 amide bonds. The summed E-state index contributed by atoms with van der Waals surface area (Å²) in [5.74, 6) is 0. The molecule has 2 heteroatoms. The van der Waals surface area contributed by atoms with Crippen molar-refractivity contribution in [3.05, 3.63) is 40.7 Å². The van der Waals surface area contributed by atoms with Crippen LogP contribution in [0.3, 0.4) is 0 Å². The van der Waals surface area contributed by atoms with Gasteiger partial charge in [0.15, 0.2) is 0 Å². The largest absolute Gasteiger partial charge is 0.119 e. The van der Waals surface area contributed by atoms with Gasteiger partial charge in [-0.1, -0.05) is 102 Å². The lowest BCUT2D eigenvalue weighted by Gasteiger charge is -2.45. The Morgan fingerprint density at radius 2 is 1.19 bits per heavy atom. The van der Waals surface area contributed by atoms with Crippen LogP contribution in [0.1, 0.15) is 47.1 Å². The summed E-state index contributed by atoms with van der Waals surface area (Å²) in [6.07, 6.45) is 0. The van der Waals surface area contributed by atoms with Crippen LogP contribution in [0, 0.1) is 0 Å². The molecule has 0 aromatic heterocycles. The molecule has 2 rings (SSSR count). The molecule has 0 radical (unpaired) electrons. The van der Waals surface area contributed by atoms with Gasteiger partial charge in [0.05, 0.1) is 8.07 Å². The van der Waals surface area contributed by atoms with E-state index < -0.39 is 16.1 Å². The fourth-order valence-corrected chi connectivity index (χ4v) is 21.3. The highest BCUT2D eigenvalue weighted by atomic mass is 28.4. The van der Waals surface area contributed by atoms with Gasteiger partial charge in [-0.3, -0.25) is 0 Å². The third kappa shape index (κ3) is 2.40. The van der Waals surface area contributed by atoms with Crippen LogP contribution < -0.4 is 0 Å². The van der Waals surface area contributed by atoms with Gasteiger partial charge in [0.25, 0.3) is 0 Å². The maximum atomic E-state index is 2.54. The van der Waals surface area contributed by atoms with E-state index in [4.69, 9.17) is 0 Å². The summed E-state index contributed by atoms with van der Waals surface area (Å²) in [4.78, 5) is 1.93. The first-order valence-corrected chi connectivity index (χ1v) is 13.7. The molecule has 21 heavy (non-hydrogen) atoms. The lowest BCUT2D eigenvalue weighted by atomic mass is 10.2. The van der Waals surface area contributed by atoms with Crippen molar-refractivity contribution in [1.29, 1.82) is 0 Å². The molecular weight excluding hydrogens is 284 g/mol. The minimum Gasteiger partial charge on any atom is -0.0850 e. The molecule has 1 aromatic rings. The van der Waals surface area contributed by atoms with Gasteiger partial charge >= 0.3 is 0 Å². The minimum absolute atomic E-state index is 0.395. The van der Waals surface area contributed by atoms with Crippen molar-refractivity contribution in [2.75, 3.05) is 0 Å². The van der Waals surface area contributed by atoms with E-state index in [0.717, 1.165) is 0 Å². The Bertz CT molecular complexity index is 546. The Balaban J connectivity index is 2.71. The molecule has 1 aliphatic heterocycles. The summed E-state index contributed by atoms with van der Waals surface area (Å²) in [6, 6.07) is 11.2. The van der Waals surface area contributed by atoms with E-state index in [1.165, 1.54) is 5.56 Å². The summed E-state index contributed by atoms with van der Waals surface area (Å²) in [6.45, 7) is 22.5. The zero-order chi connectivity index (χ0) is 16.3. The molecule has 116 valence electrons. The molecule has 0 bridgehead atoms. The highest BCUT2D eigenvalue weighted by molar-refractivity contribution is 7.29. The fourth-order valence-electron chi connectivity index (χ4n) is 4.81. The van der Waals surface area contributed by atoms with Gasteiger partial charge in [0.2, 0.25) is 0 Å². The third-order valence-corrected chi connectivity index (χ3v) is 16.9. The van der Waals surface area contributed by atoms with Crippen molar-refractivity contribution < 1.29 is 0 Å². The minimum atomic E-state index is -1.60. The number of hydrogen-bond donors (Lipinski definition) is 0. The topological polar surface area (TPSA) is 0 Å². The normalized spacial score (nSPS) is 18.9. The first-order valence-electron chi connectivity index (χ1n) is 8.16. The van der Waals surface area contributed by atoms with Crippen LogP contribution in [0.25, 0.3) is 5.20 Å². The van der Waals surface area contributed by atoms with Crippen molar-refractivity contribution in [3.63, 3.8) is 0 Å². The molecule has 0 spiro atoms. The van der Waals surface area contributed by atoms with Crippen molar-refractivity contribution >= 4 is 21.3 Å². The van der Waals surface area contributed by atoms with Gasteiger partial charge in [-0.2, -0.15) is 0 Å². The molecule has 0 nitrogen and oxygen atoms in total. The highest BCUT2D eigenvalue weighted by Gasteiger charge is 2.70. The molecule has 1 aliphatic rings. The lowest BCUT2D eigenvalue weighted by Crippen LogP contribution is -2.47. The summed E-state index contributed by atoms with van der Waals surface area (Å²) < 4.78 is 0. The fraction of sp³-hybridized carbons (Fsp3) is 0.579. The maximum absolute atomic E-state index is 2.54. The van der Waals surface area contributed by atoms with E-state index in [1.54, 1.807) is 5.20 Å². The van der Waals surface area contributed by atoms with E-state index in [-0.39, 0.29) is 0 Å². The van der Waals surface area contributed by atoms with E-state index in [1.807, 2.05) is 4.82 Å². The van der Waals surface area contributed by atoms with E-state index in [0.29, 0.717) is 10.1 Å². The second kappa shape index (κ2) is 4.69. The van der Waals surface area contributed by atoms with Crippen LogP contribution in [0.2, 0.25) is 29.7 Å². The predicted molar refractivity (Wildman–Crippen MR) is 102 cm³/mol. The van der Waals surface area contributed by atoms with Gasteiger partial charge in [-0.25, -0.2) is 0 Å². The quantitative estimate of drug-likeness (QED) is 0.549. The Labute approximate surface area is 133 Å². The van der Waals surface area contributed by atoms with Gasteiger partial charge in [0.1, 0.15) is 8.07 Å². The molecule has 0 saturated heterocycles. The third-order valence-electron chi connectivity index (χ3n) is 5.00. The van der Waals surface area contributed by atoms with Crippen LogP contribution in [-0.4, -0.2) is 16.1 Å². The van der Waals surface area contributed by atoms with Gasteiger partial charge in [0, 0.05) is 0 Å². The van der Waals surface area contributed by atoms with E-state index in [2.05, 4.69) is 91.5 Å². The number of rotatable bonds is 2. The summed E-state index contributed by atoms with van der Waals surface area (Å²) in [7, 11) is -2.88. The number of hydrogen-bond acceptors (Lipinski definition) is 0. The Morgan fingerprint density at radius 3 is 1.48 bits per heavy atom. The molecule has 0 atom stereocenters. The molecule has 0 aliphatic carbocycles. The van der Waals surface area contributed by atoms with Crippen molar-refractivity contribution in [3.8, 4) is 0 Å². The molecule has 1 aromatic carbocycles. The zero-order valence-corrected chi connectivity index (χ0v) is 17.4. The molecule has 0 unspecified atom stereocenters. The SMILES string of the molecule is CC(C)(C)[Si]1(C(C)(C)C)C(c2ccccc2)=C1[Si](C)(C)C. The maximum Gasteiger partial charge on any atom is 0.119 e. The molecule has 1 heterocycles. The van der Waals surface area contributed by atoms with Crippen LogP contribution in [0.5, 0.6) is 0 Å². The van der Waals surface area contributed by atoms with Crippen molar-refractivity contribution in [2.45, 2.75) is 71.3 Å². The Morgan fingerprint density at radius 1 is 0.762 bits per heavy atom. The van der Waals surface area contributed by atoms with E-state index in [9.17, 15) is 0 Å². The first-order chi connectivity index (χ1) is 9.35. The Hall–Kier alpha value is -0.606. The van der Waals surface area contributed by atoms with Crippen LogP contribution in [0.15, 0.2) is 35.2 Å². The summed E-state index contributed by atoms with van der Waals surface area (Å²) in [5, 5.41) is 2.58. The van der Waals surface area contributed by atoms with Crippen LogP contribution >= 0.6 is 0 Å². The second-order valence-electron chi connectivity index (χ2n) is 9.62. The first kappa shape index (κ1) is 16.8. The van der Waals surface area contributed by atoms with Crippen molar-refractivity contribution in [2.24, 2.45) is 0 Å². The summed E-state index contributed by atoms with van der Waals surface area (Å²) >= 11 is 0. The van der Waals surface area contributed by atoms with E-state index >= 15 is 0 Å². The van der Waals surface area contributed by atoms with Gasteiger partial charge < -0.3 is 0 Å². The average molecular weight is 317 g/mol. The van der Waals surface area contributed by atoms with Crippen LogP contribution in [-0.2, 0) is 0 Å². The Kier molecular flexibility index (Phi) is 3.74. The molecule has 0 saturated carbocycles. The van der Waals surface area contributed by atoms with Crippen LogP contribution in [0.4, 0.5) is 0 Å².